The highest BCUT2D eigenvalue weighted by atomic mass is 16.5. The van der Waals surface area contributed by atoms with Crippen LogP contribution in [0.3, 0.4) is 0 Å². The highest BCUT2D eigenvalue weighted by molar-refractivity contribution is 5.22. The van der Waals surface area contributed by atoms with Gasteiger partial charge in [-0.1, -0.05) is 0 Å². The largest absolute Gasteiger partial charge is 0.376 e. The minimum absolute atomic E-state index is 0.434. The standard InChI is InChI=1S/C12H18N4O/c1-16-6-10-9(8-17-11(10)7-16)5-15-12-13-3-2-4-14-12/h2-4,9-11H,5-8H2,1H3,(H,13,14,15)/t9-,10-,11-/m0/s1. The number of aromatic nitrogens is 2. The maximum Gasteiger partial charge on any atom is 0.222 e. The molecule has 3 rings (SSSR count). The summed E-state index contributed by atoms with van der Waals surface area (Å²) in [6.07, 6.45) is 3.95. The fraction of sp³-hybridized carbons (Fsp3) is 0.667. The van der Waals surface area contributed by atoms with Crippen LogP contribution in [0.1, 0.15) is 0 Å². The number of rotatable bonds is 3. The highest BCUT2D eigenvalue weighted by Gasteiger charge is 2.42. The number of likely N-dealkylation sites (tertiary alicyclic amines) is 1. The molecule has 0 bridgehead atoms. The Kier molecular flexibility index (Phi) is 2.94. The lowest BCUT2D eigenvalue weighted by atomic mass is 9.93. The second-order valence-corrected chi connectivity index (χ2v) is 4.97. The second-order valence-electron chi connectivity index (χ2n) is 4.97. The van der Waals surface area contributed by atoms with Gasteiger partial charge in [0.25, 0.3) is 0 Å². The van der Waals surface area contributed by atoms with E-state index in [1.807, 2.05) is 6.07 Å². The number of fused-ring (bicyclic) bond motifs is 1. The Labute approximate surface area is 101 Å². The normalized spacial score (nSPS) is 32.6. The van der Waals surface area contributed by atoms with Crippen molar-refractivity contribution in [2.24, 2.45) is 11.8 Å². The highest BCUT2D eigenvalue weighted by Crippen LogP contribution is 2.32. The number of anilines is 1. The van der Waals surface area contributed by atoms with Crippen molar-refractivity contribution in [2.75, 3.05) is 38.6 Å². The quantitative estimate of drug-likeness (QED) is 0.823. The monoisotopic (exact) mass is 234 g/mol. The molecule has 2 aliphatic rings. The molecule has 3 atom stereocenters. The third kappa shape index (κ3) is 2.25. The Morgan fingerprint density at radius 1 is 1.41 bits per heavy atom. The molecule has 17 heavy (non-hydrogen) atoms. The summed E-state index contributed by atoms with van der Waals surface area (Å²) in [4.78, 5) is 10.7. The molecular formula is C12H18N4O. The topological polar surface area (TPSA) is 50.3 Å². The van der Waals surface area contributed by atoms with E-state index in [0.717, 1.165) is 26.2 Å². The van der Waals surface area contributed by atoms with Crippen molar-refractivity contribution in [1.82, 2.24) is 14.9 Å². The van der Waals surface area contributed by atoms with Gasteiger partial charge in [-0.25, -0.2) is 9.97 Å². The summed E-state index contributed by atoms with van der Waals surface area (Å²) >= 11 is 0. The van der Waals surface area contributed by atoms with E-state index in [-0.39, 0.29) is 0 Å². The molecule has 2 saturated heterocycles. The van der Waals surface area contributed by atoms with Gasteiger partial charge in [-0.3, -0.25) is 0 Å². The molecule has 0 spiro atoms. The minimum Gasteiger partial charge on any atom is -0.376 e. The molecule has 2 fully saturated rings. The van der Waals surface area contributed by atoms with Crippen LogP contribution >= 0.6 is 0 Å². The van der Waals surface area contributed by atoms with Gasteiger partial charge in [0.1, 0.15) is 0 Å². The zero-order valence-corrected chi connectivity index (χ0v) is 10.0. The van der Waals surface area contributed by atoms with Crippen molar-refractivity contribution in [3.63, 3.8) is 0 Å². The number of nitrogens with one attached hydrogen (secondary N) is 1. The van der Waals surface area contributed by atoms with E-state index in [9.17, 15) is 0 Å². The van der Waals surface area contributed by atoms with E-state index in [2.05, 4.69) is 27.2 Å². The fourth-order valence-corrected chi connectivity index (χ4v) is 2.82. The Morgan fingerprint density at radius 3 is 3.06 bits per heavy atom. The summed E-state index contributed by atoms with van der Waals surface area (Å²) in [5, 5.41) is 3.29. The molecule has 5 nitrogen and oxygen atoms in total. The predicted octanol–water partition coefficient (Wildman–Crippen LogP) is 0.465. The number of nitrogens with zero attached hydrogens (tertiary/aromatic N) is 3. The minimum atomic E-state index is 0.434. The van der Waals surface area contributed by atoms with E-state index < -0.39 is 0 Å². The van der Waals surface area contributed by atoms with Crippen LogP contribution < -0.4 is 5.32 Å². The molecule has 0 saturated carbocycles. The van der Waals surface area contributed by atoms with Gasteiger partial charge in [0.15, 0.2) is 0 Å². The molecule has 1 N–H and O–H groups in total. The third-order valence-corrected chi connectivity index (χ3v) is 3.71. The Morgan fingerprint density at radius 2 is 2.24 bits per heavy atom. The van der Waals surface area contributed by atoms with Crippen LogP contribution in [-0.2, 0) is 4.74 Å². The average Bonchev–Trinajstić information content (AvgIpc) is 2.87. The number of ether oxygens (including phenoxy) is 1. The molecule has 0 aromatic carbocycles. The van der Waals surface area contributed by atoms with E-state index in [0.29, 0.717) is 23.9 Å². The van der Waals surface area contributed by atoms with Gasteiger partial charge < -0.3 is 15.0 Å². The van der Waals surface area contributed by atoms with Crippen molar-refractivity contribution in [1.29, 1.82) is 0 Å². The van der Waals surface area contributed by atoms with Gasteiger partial charge in [0.2, 0.25) is 5.95 Å². The first-order valence-corrected chi connectivity index (χ1v) is 6.14. The summed E-state index contributed by atoms with van der Waals surface area (Å²) in [6, 6.07) is 1.83. The Hall–Kier alpha value is -1.20. The fourth-order valence-electron chi connectivity index (χ4n) is 2.82. The molecular weight excluding hydrogens is 216 g/mol. The first kappa shape index (κ1) is 10.9. The van der Waals surface area contributed by atoms with Crippen LogP contribution in [0, 0.1) is 11.8 Å². The van der Waals surface area contributed by atoms with Gasteiger partial charge in [0, 0.05) is 43.9 Å². The zero-order chi connectivity index (χ0) is 11.7. The van der Waals surface area contributed by atoms with E-state index in [4.69, 9.17) is 4.74 Å². The van der Waals surface area contributed by atoms with Gasteiger partial charge in [0.05, 0.1) is 12.7 Å². The molecule has 0 radical (unpaired) electrons. The second kappa shape index (κ2) is 4.58. The van der Waals surface area contributed by atoms with Gasteiger partial charge >= 0.3 is 0 Å². The number of hydrogen-bond acceptors (Lipinski definition) is 5. The molecule has 1 aromatic heterocycles. The lowest BCUT2D eigenvalue weighted by Crippen LogP contribution is -2.26. The van der Waals surface area contributed by atoms with Crippen molar-refractivity contribution >= 4 is 5.95 Å². The molecule has 0 unspecified atom stereocenters. The maximum absolute atomic E-state index is 5.83. The molecule has 0 aliphatic carbocycles. The van der Waals surface area contributed by atoms with Crippen LogP contribution in [0.5, 0.6) is 0 Å². The van der Waals surface area contributed by atoms with Crippen LogP contribution in [0.2, 0.25) is 0 Å². The lowest BCUT2D eigenvalue weighted by molar-refractivity contribution is 0.0992. The lowest BCUT2D eigenvalue weighted by Gasteiger charge is -2.17. The van der Waals surface area contributed by atoms with Gasteiger partial charge in [-0.2, -0.15) is 0 Å². The maximum atomic E-state index is 5.83. The summed E-state index contributed by atoms with van der Waals surface area (Å²) in [5.41, 5.74) is 0. The summed E-state index contributed by atoms with van der Waals surface area (Å²) in [7, 11) is 2.16. The smallest absolute Gasteiger partial charge is 0.222 e. The third-order valence-electron chi connectivity index (χ3n) is 3.71. The number of likely N-dealkylation sites (N-methyl/N-ethyl adjacent to an activating group) is 1. The molecule has 1 aromatic rings. The van der Waals surface area contributed by atoms with Crippen molar-refractivity contribution in [3.8, 4) is 0 Å². The zero-order valence-electron chi connectivity index (χ0n) is 10.0. The van der Waals surface area contributed by atoms with E-state index >= 15 is 0 Å². The van der Waals surface area contributed by atoms with Crippen LogP contribution in [0.4, 0.5) is 5.95 Å². The molecule has 2 aliphatic heterocycles. The summed E-state index contributed by atoms with van der Waals surface area (Å²) in [5.74, 6) is 1.95. The molecule has 5 heteroatoms. The van der Waals surface area contributed by atoms with Crippen molar-refractivity contribution in [2.45, 2.75) is 6.10 Å². The SMILES string of the molecule is CN1C[C@H]2[C@@H](CNc3ncccn3)CO[C@H]2C1. The summed E-state index contributed by atoms with van der Waals surface area (Å²) < 4.78 is 5.83. The van der Waals surface area contributed by atoms with Gasteiger partial charge in [-0.05, 0) is 13.1 Å². The van der Waals surface area contributed by atoms with E-state index in [1.54, 1.807) is 12.4 Å². The number of hydrogen-bond donors (Lipinski definition) is 1. The van der Waals surface area contributed by atoms with Crippen LogP contribution in [0.15, 0.2) is 18.5 Å². The Bertz CT molecular complexity index is 372. The molecule has 3 heterocycles. The first-order chi connectivity index (χ1) is 8.33. The van der Waals surface area contributed by atoms with Crippen molar-refractivity contribution in [3.05, 3.63) is 18.5 Å². The van der Waals surface area contributed by atoms with Crippen LogP contribution in [-0.4, -0.2) is 54.3 Å². The molecule has 92 valence electrons. The van der Waals surface area contributed by atoms with Gasteiger partial charge in [-0.15, -0.1) is 0 Å². The molecule has 0 amide bonds. The predicted molar refractivity (Wildman–Crippen MR) is 64.7 cm³/mol. The summed E-state index contributed by atoms with van der Waals surface area (Å²) in [6.45, 7) is 3.98. The first-order valence-electron chi connectivity index (χ1n) is 6.14. The Balaban J connectivity index is 1.56. The average molecular weight is 234 g/mol. The van der Waals surface area contributed by atoms with E-state index in [1.165, 1.54) is 0 Å². The van der Waals surface area contributed by atoms with Crippen molar-refractivity contribution < 1.29 is 4.74 Å². The van der Waals surface area contributed by atoms with Crippen LogP contribution in [0.25, 0.3) is 0 Å².